The molecule has 0 fully saturated rings. The second kappa shape index (κ2) is 6.36. The first-order valence-electron chi connectivity index (χ1n) is 6.02. The van der Waals surface area contributed by atoms with E-state index in [0.29, 0.717) is 17.7 Å². The minimum Gasteiger partial charge on any atom is -0.396 e. The fourth-order valence-electron chi connectivity index (χ4n) is 1.66. The Bertz CT molecular complexity index is 614. The average molecular weight is 292 g/mol. The second-order valence-electron chi connectivity index (χ2n) is 4.22. The highest BCUT2D eigenvalue weighted by Gasteiger charge is 2.09. The molecule has 5 nitrogen and oxygen atoms in total. The van der Waals surface area contributed by atoms with Gasteiger partial charge in [-0.05, 0) is 30.2 Å². The third-order valence-corrected chi connectivity index (χ3v) is 3.05. The summed E-state index contributed by atoms with van der Waals surface area (Å²) in [5, 5.41) is 11.8. The molecule has 1 amide bonds. The number of nitrogen functional groups attached to an aromatic ring is 1. The number of halogens is 1. The third-order valence-electron chi connectivity index (χ3n) is 2.74. The zero-order chi connectivity index (χ0) is 14.5. The summed E-state index contributed by atoms with van der Waals surface area (Å²) in [6.07, 6.45) is 1.96. The molecule has 1 heterocycles. The Morgan fingerprint density at radius 3 is 2.65 bits per heavy atom. The minimum atomic E-state index is -0.311. The Labute approximate surface area is 121 Å². The van der Waals surface area contributed by atoms with Gasteiger partial charge < -0.3 is 16.2 Å². The molecule has 0 saturated carbocycles. The van der Waals surface area contributed by atoms with Gasteiger partial charge in [-0.1, -0.05) is 23.7 Å². The average Bonchev–Trinajstić information content (AvgIpc) is 2.44. The van der Waals surface area contributed by atoms with E-state index in [9.17, 15) is 4.79 Å². The van der Waals surface area contributed by atoms with Crippen LogP contribution in [0.3, 0.4) is 0 Å². The highest BCUT2D eigenvalue weighted by Crippen LogP contribution is 2.18. The van der Waals surface area contributed by atoms with Crippen LogP contribution in [0.4, 0.5) is 11.5 Å². The summed E-state index contributed by atoms with van der Waals surface area (Å²) in [7, 11) is 0. The molecule has 0 aliphatic rings. The van der Waals surface area contributed by atoms with Crippen molar-refractivity contribution in [3.8, 4) is 0 Å². The number of carbonyl (C=O) groups is 1. The fraction of sp³-hybridized carbons (Fsp3) is 0.143. The van der Waals surface area contributed by atoms with Crippen molar-refractivity contribution in [2.24, 2.45) is 0 Å². The van der Waals surface area contributed by atoms with Crippen LogP contribution in [-0.4, -0.2) is 22.6 Å². The normalized spacial score (nSPS) is 10.3. The maximum atomic E-state index is 12.0. The van der Waals surface area contributed by atoms with Crippen molar-refractivity contribution in [3.05, 3.63) is 52.7 Å². The Kier molecular flexibility index (Phi) is 4.55. The van der Waals surface area contributed by atoms with Gasteiger partial charge in [-0.3, -0.25) is 4.79 Å². The lowest BCUT2D eigenvalue weighted by Gasteiger charge is -2.07. The smallest absolute Gasteiger partial charge is 0.257 e. The molecule has 0 spiro atoms. The topological polar surface area (TPSA) is 88.2 Å². The summed E-state index contributed by atoms with van der Waals surface area (Å²) in [5.74, 6) is -0.120. The molecule has 6 heteroatoms. The summed E-state index contributed by atoms with van der Waals surface area (Å²) < 4.78 is 0. The SMILES string of the molecule is Nc1ncc(C(=O)Nc2ccc(CCO)cc2)cc1Cl. The van der Waals surface area contributed by atoms with Gasteiger partial charge in [0.05, 0.1) is 10.6 Å². The molecule has 1 aromatic heterocycles. The van der Waals surface area contributed by atoms with Crippen LogP contribution in [-0.2, 0) is 6.42 Å². The molecule has 0 radical (unpaired) electrons. The minimum absolute atomic E-state index is 0.0985. The molecular formula is C14H14ClN3O2. The number of aromatic nitrogens is 1. The van der Waals surface area contributed by atoms with Crippen LogP contribution in [0.5, 0.6) is 0 Å². The van der Waals surface area contributed by atoms with E-state index in [0.717, 1.165) is 5.56 Å². The van der Waals surface area contributed by atoms with Gasteiger partial charge in [0.1, 0.15) is 5.82 Å². The third kappa shape index (κ3) is 3.46. The monoisotopic (exact) mass is 291 g/mol. The molecule has 0 atom stereocenters. The molecule has 0 aliphatic heterocycles. The van der Waals surface area contributed by atoms with Crippen LogP contribution in [0.2, 0.25) is 5.02 Å². The van der Waals surface area contributed by atoms with Crippen LogP contribution in [0.15, 0.2) is 36.5 Å². The summed E-state index contributed by atoms with van der Waals surface area (Å²) in [6.45, 7) is 0.0985. The summed E-state index contributed by atoms with van der Waals surface area (Å²) in [4.78, 5) is 15.8. The van der Waals surface area contributed by atoms with E-state index in [4.69, 9.17) is 22.4 Å². The Hall–Kier alpha value is -2.11. The van der Waals surface area contributed by atoms with Crippen molar-refractivity contribution in [3.63, 3.8) is 0 Å². The first-order valence-corrected chi connectivity index (χ1v) is 6.40. The van der Waals surface area contributed by atoms with Crippen molar-refractivity contribution in [1.82, 2.24) is 4.98 Å². The number of anilines is 2. The molecule has 0 unspecified atom stereocenters. The highest BCUT2D eigenvalue weighted by molar-refractivity contribution is 6.33. The number of carbonyl (C=O) groups excluding carboxylic acids is 1. The zero-order valence-corrected chi connectivity index (χ0v) is 11.4. The van der Waals surface area contributed by atoms with E-state index in [1.54, 1.807) is 12.1 Å². The molecule has 20 heavy (non-hydrogen) atoms. The number of hydrogen-bond donors (Lipinski definition) is 3. The Morgan fingerprint density at radius 1 is 1.35 bits per heavy atom. The first kappa shape index (κ1) is 14.3. The van der Waals surface area contributed by atoms with E-state index < -0.39 is 0 Å². The number of nitrogens with zero attached hydrogens (tertiary/aromatic N) is 1. The molecule has 1 aromatic carbocycles. The Balaban J connectivity index is 2.08. The number of rotatable bonds is 4. The highest BCUT2D eigenvalue weighted by atomic mass is 35.5. The molecule has 0 saturated heterocycles. The summed E-state index contributed by atoms with van der Waals surface area (Å²) >= 11 is 5.83. The quantitative estimate of drug-likeness (QED) is 0.805. The van der Waals surface area contributed by atoms with Gasteiger partial charge in [0, 0.05) is 18.5 Å². The number of benzene rings is 1. The number of nitrogens with two attached hydrogens (primary N) is 1. The molecule has 104 valence electrons. The zero-order valence-electron chi connectivity index (χ0n) is 10.6. The van der Waals surface area contributed by atoms with Crippen molar-refractivity contribution in [2.75, 3.05) is 17.7 Å². The number of hydrogen-bond acceptors (Lipinski definition) is 4. The van der Waals surface area contributed by atoms with E-state index in [2.05, 4.69) is 10.3 Å². The maximum Gasteiger partial charge on any atom is 0.257 e. The molecule has 0 aliphatic carbocycles. The lowest BCUT2D eigenvalue weighted by molar-refractivity contribution is 0.102. The van der Waals surface area contributed by atoms with E-state index in [-0.39, 0.29) is 23.4 Å². The lowest BCUT2D eigenvalue weighted by atomic mass is 10.1. The molecule has 4 N–H and O–H groups in total. The molecule has 2 rings (SSSR count). The standard InChI is InChI=1S/C14H14ClN3O2/c15-12-7-10(8-17-13(12)16)14(20)18-11-3-1-9(2-4-11)5-6-19/h1-4,7-8,19H,5-6H2,(H2,16,17)(H,18,20). The van der Waals surface area contributed by atoms with Gasteiger partial charge in [-0.2, -0.15) is 0 Å². The van der Waals surface area contributed by atoms with Crippen molar-refractivity contribution >= 4 is 29.0 Å². The van der Waals surface area contributed by atoms with Gasteiger partial charge >= 0.3 is 0 Å². The van der Waals surface area contributed by atoms with E-state index >= 15 is 0 Å². The van der Waals surface area contributed by atoms with Gasteiger partial charge in [0.25, 0.3) is 5.91 Å². The number of amides is 1. The van der Waals surface area contributed by atoms with Gasteiger partial charge in [0.15, 0.2) is 0 Å². The fourth-order valence-corrected chi connectivity index (χ4v) is 1.83. The molecule has 2 aromatic rings. The van der Waals surface area contributed by atoms with Crippen LogP contribution in [0, 0.1) is 0 Å². The molecular weight excluding hydrogens is 278 g/mol. The number of aliphatic hydroxyl groups excluding tert-OH is 1. The number of pyridine rings is 1. The van der Waals surface area contributed by atoms with E-state index in [1.165, 1.54) is 12.3 Å². The van der Waals surface area contributed by atoms with Crippen LogP contribution in [0.25, 0.3) is 0 Å². The lowest BCUT2D eigenvalue weighted by Crippen LogP contribution is -2.12. The largest absolute Gasteiger partial charge is 0.396 e. The number of aliphatic hydroxyl groups is 1. The van der Waals surface area contributed by atoms with Crippen LogP contribution in [0.1, 0.15) is 15.9 Å². The first-order chi connectivity index (χ1) is 9.60. The summed E-state index contributed by atoms with van der Waals surface area (Å²) in [5.41, 5.74) is 7.49. The maximum absolute atomic E-state index is 12.0. The van der Waals surface area contributed by atoms with Gasteiger partial charge in [-0.25, -0.2) is 4.98 Å². The van der Waals surface area contributed by atoms with Gasteiger partial charge in [0.2, 0.25) is 0 Å². The predicted octanol–water partition coefficient (Wildman–Crippen LogP) is 2.10. The summed E-state index contributed by atoms with van der Waals surface area (Å²) in [6, 6.07) is 8.71. The van der Waals surface area contributed by atoms with Crippen molar-refractivity contribution in [2.45, 2.75) is 6.42 Å². The van der Waals surface area contributed by atoms with E-state index in [1.807, 2.05) is 12.1 Å². The number of nitrogens with one attached hydrogen (secondary N) is 1. The van der Waals surface area contributed by atoms with Crippen LogP contribution < -0.4 is 11.1 Å². The Morgan fingerprint density at radius 2 is 2.05 bits per heavy atom. The van der Waals surface area contributed by atoms with Crippen molar-refractivity contribution < 1.29 is 9.90 Å². The predicted molar refractivity (Wildman–Crippen MR) is 78.8 cm³/mol. The second-order valence-corrected chi connectivity index (χ2v) is 4.62. The molecule has 0 bridgehead atoms. The van der Waals surface area contributed by atoms with Gasteiger partial charge in [-0.15, -0.1) is 0 Å². The van der Waals surface area contributed by atoms with Crippen LogP contribution >= 0.6 is 11.6 Å². The van der Waals surface area contributed by atoms with Crippen molar-refractivity contribution in [1.29, 1.82) is 0 Å².